The summed E-state index contributed by atoms with van der Waals surface area (Å²) >= 11 is 0. The topological polar surface area (TPSA) is 3.24 Å². The van der Waals surface area contributed by atoms with E-state index in [0.717, 1.165) is 0 Å². The Morgan fingerprint density at radius 1 is 0.696 bits per heavy atom. The van der Waals surface area contributed by atoms with Gasteiger partial charge >= 0.3 is 29.9 Å². The number of halogens is 11. The molecule has 0 aromatic heterocycles. The number of nitrogens with zero attached hydrogens (tertiary/aromatic N) is 1. The molecular weight excluding hydrogens is 355 g/mol. The van der Waals surface area contributed by atoms with E-state index in [-0.39, 0.29) is 6.54 Å². The van der Waals surface area contributed by atoms with Crippen molar-refractivity contribution in [1.82, 2.24) is 4.90 Å². The van der Waals surface area contributed by atoms with Crippen LogP contribution in [-0.2, 0) is 0 Å². The summed E-state index contributed by atoms with van der Waals surface area (Å²) in [7, 11) is 1.38. The van der Waals surface area contributed by atoms with E-state index in [1.54, 1.807) is 6.92 Å². The first kappa shape index (κ1) is 22.2. The highest BCUT2D eigenvalue weighted by atomic mass is 19.4. The van der Waals surface area contributed by atoms with Crippen molar-refractivity contribution in [2.45, 2.75) is 49.6 Å². The molecule has 0 saturated carbocycles. The Bertz CT molecular complexity index is 388. The van der Waals surface area contributed by atoms with Gasteiger partial charge in [0, 0.05) is 6.42 Å². The van der Waals surface area contributed by atoms with Gasteiger partial charge in [-0.05, 0) is 26.6 Å². The fourth-order valence-corrected chi connectivity index (χ4v) is 1.49. The van der Waals surface area contributed by atoms with Crippen LogP contribution >= 0.6 is 0 Å². The third-order valence-corrected chi connectivity index (χ3v) is 3.17. The van der Waals surface area contributed by atoms with Crippen LogP contribution in [0.15, 0.2) is 0 Å². The van der Waals surface area contributed by atoms with Crippen LogP contribution < -0.4 is 0 Å². The van der Waals surface area contributed by atoms with E-state index in [2.05, 4.69) is 0 Å². The molecule has 0 N–H and O–H groups in total. The highest BCUT2D eigenvalue weighted by molar-refractivity contribution is 5.06. The SMILES string of the molecule is CCN(C)CCCC(F)(F)C(F)(F)C(F)(F)C(F)(F)C(F)(F)F. The summed E-state index contributed by atoms with van der Waals surface area (Å²) in [6.07, 6.45) is -9.90. The molecule has 12 heteroatoms. The highest BCUT2D eigenvalue weighted by Crippen LogP contribution is 2.58. The van der Waals surface area contributed by atoms with Crippen molar-refractivity contribution in [3.63, 3.8) is 0 Å². The minimum absolute atomic E-state index is 0.261. The lowest BCUT2D eigenvalue weighted by molar-refractivity contribution is -0.422. The Kier molecular flexibility index (Phi) is 6.36. The molecule has 0 atom stereocenters. The molecule has 0 radical (unpaired) electrons. The minimum Gasteiger partial charge on any atom is -0.307 e. The lowest BCUT2D eigenvalue weighted by Gasteiger charge is -2.37. The Balaban J connectivity index is 5.41. The first-order valence-electron chi connectivity index (χ1n) is 6.22. The first-order valence-corrected chi connectivity index (χ1v) is 6.22. The van der Waals surface area contributed by atoms with Crippen LogP contribution in [0.5, 0.6) is 0 Å². The van der Waals surface area contributed by atoms with Crippen LogP contribution in [0.3, 0.4) is 0 Å². The molecule has 0 aliphatic heterocycles. The molecule has 0 saturated heterocycles. The van der Waals surface area contributed by atoms with Crippen molar-refractivity contribution in [1.29, 1.82) is 0 Å². The van der Waals surface area contributed by atoms with Gasteiger partial charge in [0.2, 0.25) is 0 Å². The summed E-state index contributed by atoms with van der Waals surface area (Å²) in [6.45, 7) is 1.60. The Labute approximate surface area is 124 Å². The molecule has 0 unspecified atom stereocenters. The summed E-state index contributed by atoms with van der Waals surface area (Å²) in [5, 5.41) is 0. The number of rotatable bonds is 8. The normalized spacial score (nSPS) is 15.4. The first-order chi connectivity index (χ1) is 9.95. The maximum absolute atomic E-state index is 13.2. The predicted molar refractivity (Wildman–Crippen MR) is 58.2 cm³/mol. The average molecular weight is 369 g/mol. The second-order valence-corrected chi connectivity index (χ2v) is 4.92. The van der Waals surface area contributed by atoms with E-state index < -0.39 is 42.7 Å². The Hall–Kier alpha value is -0.810. The third kappa shape index (κ3) is 4.00. The molecule has 0 bridgehead atoms. The zero-order chi connectivity index (χ0) is 18.9. The lowest BCUT2D eigenvalue weighted by atomic mass is 9.95. The summed E-state index contributed by atoms with van der Waals surface area (Å²) in [5.74, 6) is -27.3. The largest absolute Gasteiger partial charge is 0.460 e. The standard InChI is InChI=1S/C11H14F11N/c1-3-23(2)6-4-5-7(12,13)8(14,15)9(16,17)10(18,19)11(20,21)22/h3-6H2,1-2H3. The molecule has 0 spiro atoms. The van der Waals surface area contributed by atoms with Gasteiger partial charge in [0.1, 0.15) is 0 Å². The number of hydrogen-bond acceptors (Lipinski definition) is 1. The molecule has 0 aromatic rings. The van der Waals surface area contributed by atoms with Crippen LogP contribution in [0.25, 0.3) is 0 Å². The zero-order valence-electron chi connectivity index (χ0n) is 11.9. The Morgan fingerprint density at radius 2 is 1.13 bits per heavy atom. The Morgan fingerprint density at radius 3 is 1.48 bits per heavy atom. The molecule has 0 aromatic carbocycles. The second-order valence-electron chi connectivity index (χ2n) is 4.92. The fraction of sp³-hybridized carbons (Fsp3) is 1.00. The van der Waals surface area contributed by atoms with Gasteiger partial charge < -0.3 is 4.90 Å². The monoisotopic (exact) mass is 369 g/mol. The molecule has 0 heterocycles. The molecule has 0 amide bonds. The van der Waals surface area contributed by atoms with Gasteiger partial charge in [-0.15, -0.1) is 0 Å². The second kappa shape index (κ2) is 6.60. The average Bonchev–Trinajstić information content (AvgIpc) is 2.36. The fourth-order valence-electron chi connectivity index (χ4n) is 1.49. The van der Waals surface area contributed by atoms with E-state index in [1.807, 2.05) is 0 Å². The molecule has 0 rings (SSSR count). The molecule has 140 valence electrons. The van der Waals surface area contributed by atoms with Gasteiger partial charge in [-0.25, -0.2) is 0 Å². The van der Waals surface area contributed by atoms with Gasteiger partial charge in [0.25, 0.3) is 0 Å². The van der Waals surface area contributed by atoms with E-state index in [0.29, 0.717) is 6.54 Å². The highest BCUT2D eigenvalue weighted by Gasteiger charge is 2.86. The number of alkyl halides is 11. The van der Waals surface area contributed by atoms with Crippen molar-refractivity contribution in [2.24, 2.45) is 0 Å². The smallest absolute Gasteiger partial charge is 0.307 e. The van der Waals surface area contributed by atoms with Crippen molar-refractivity contribution in [2.75, 3.05) is 20.1 Å². The summed E-state index contributed by atoms with van der Waals surface area (Å²) in [4.78, 5) is 1.33. The van der Waals surface area contributed by atoms with E-state index in [9.17, 15) is 48.3 Å². The van der Waals surface area contributed by atoms with Crippen LogP contribution in [0.4, 0.5) is 48.3 Å². The maximum Gasteiger partial charge on any atom is 0.460 e. The van der Waals surface area contributed by atoms with E-state index >= 15 is 0 Å². The molecule has 0 aliphatic rings. The van der Waals surface area contributed by atoms with Gasteiger partial charge in [-0.3, -0.25) is 0 Å². The minimum atomic E-state index is -7.31. The van der Waals surface area contributed by atoms with Gasteiger partial charge in [0.15, 0.2) is 0 Å². The molecule has 23 heavy (non-hydrogen) atoms. The van der Waals surface area contributed by atoms with Gasteiger partial charge in [-0.2, -0.15) is 48.3 Å². The molecule has 0 aliphatic carbocycles. The van der Waals surface area contributed by atoms with Gasteiger partial charge in [-0.1, -0.05) is 6.92 Å². The van der Waals surface area contributed by atoms with E-state index in [4.69, 9.17) is 0 Å². The van der Waals surface area contributed by atoms with Gasteiger partial charge in [0.05, 0.1) is 0 Å². The van der Waals surface area contributed by atoms with Crippen LogP contribution in [-0.4, -0.2) is 54.9 Å². The maximum atomic E-state index is 13.2. The van der Waals surface area contributed by atoms with Crippen LogP contribution in [0.1, 0.15) is 19.8 Å². The van der Waals surface area contributed by atoms with Crippen LogP contribution in [0, 0.1) is 0 Å². The van der Waals surface area contributed by atoms with Crippen molar-refractivity contribution in [3.05, 3.63) is 0 Å². The summed E-state index contributed by atoms with van der Waals surface area (Å²) in [5.41, 5.74) is 0. The molecule has 0 fully saturated rings. The zero-order valence-corrected chi connectivity index (χ0v) is 11.9. The summed E-state index contributed by atoms with van der Waals surface area (Å²) < 4.78 is 139. The quantitative estimate of drug-likeness (QED) is 0.555. The number of hydrogen-bond donors (Lipinski definition) is 0. The van der Waals surface area contributed by atoms with Crippen molar-refractivity contribution < 1.29 is 48.3 Å². The lowest BCUT2D eigenvalue weighted by Crippen LogP contribution is -2.66. The van der Waals surface area contributed by atoms with Crippen LogP contribution in [0.2, 0.25) is 0 Å². The summed E-state index contributed by atoms with van der Waals surface area (Å²) in [6, 6.07) is 0. The van der Waals surface area contributed by atoms with Crippen molar-refractivity contribution in [3.8, 4) is 0 Å². The predicted octanol–water partition coefficient (Wildman–Crippen LogP) is 4.82. The third-order valence-electron chi connectivity index (χ3n) is 3.17. The van der Waals surface area contributed by atoms with Crippen molar-refractivity contribution >= 4 is 0 Å². The van der Waals surface area contributed by atoms with E-state index in [1.165, 1.54) is 11.9 Å². The molecular formula is C11H14F11N. The molecule has 1 nitrogen and oxygen atoms in total.